The van der Waals surface area contributed by atoms with Gasteiger partial charge in [0.05, 0.1) is 17.1 Å². The largest absolute Gasteiger partial charge is 0.386 e. The third-order valence-electron chi connectivity index (χ3n) is 3.31. The minimum atomic E-state index is -0.232. The Balaban J connectivity index is 2.28. The molecule has 0 aliphatic carbocycles. The Labute approximate surface area is 135 Å². The number of nitrogens with one attached hydrogen (secondary N) is 1. The van der Waals surface area contributed by atoms with E-state index in [4.69, 9.17) is 17.3 Å². The first-order valence-corrected chi connectivity index (χ1v) is 7.41. The zero-order chi connectivity index (χ0) is 16.1. The van der Waals surface area contributed by atoms with Gasteiger partial charge in [0.1, 0.15) is 5.84 Å². The smallest absolute Gasteiger partial charge is 0.257 e. The summed E-state index contributed by atoms with van der Waals surface area (Å²) in [7, 11) is 0. The number of nitrogens with zero attached hydrogens (tertiary/aromatic N) is 1. The third-order valence-corrected chi connectivity index (χ3v) is 3.59. The van der Waals surface area contributed by atoms with E-state index in [9.17, 15) is 4.79 Å². The number of halogens is 1. The van der Waals surface area contributed by atoms with Gasteiger partial charge in [-0.2, -0.15) is 0 Å². The number of benzene rings is 2. The highest BCUT2D eigenvalue weighted by molar-refractivity contribution is 6.28. The molecule has 0 heterocycles. The Kier molecular flexibility index (Phi) is 5.17. The summed E-state index contributed by atoms with van der Waals surface area (Å²) in [6.07, 6.45) is 0. The molecule has 1 amide bonds. The first-order valence-electron chi connectivity index (χ1n) is 6.88. The number of carbonyl (C=O) groups excluding carboxylic acids is 1. The molecule has 3 N–H and O–H groups in total. The number of amidine groups is 1. The summed E-state index contributed by atoms with van der Waals surface area (Å²) in [5.41, 5.74) is 9.65. The highest BCUT2D eigenvalue weighted by Crippen LogP contribution is 2.21. The van der Waals surface area contributed by atoms with Crippen molar-refractivity contribution in [3.05, 3.63) is 59.2 Å². The lowest BCUT2D eigenvalue weighted by Gasteiger charge is -2.09. The molecule has 0 aliphatic rings. The molecular weight excluding hydrogens is 298 g/mol. The van der Waals surface area contributed by atoms with Crippen molar-refractivity contribution < 1.29 is 4.79 Å². The molecule has 2 aromatic rings. The predicted octanol–water partition coefficient (Wildman–Crippen LogP) is 3.78. The molecule has 4 nitrogen and oxygen atoms in total. The Morgan fingerprint density at radius 3 is 2.59 bits per heavy atom. The number of carbonyl (C=O) groups is 1. The monoisotopic (exact) mass is 315 g/mol. The van der Waals surface area contributed by atoms with Crippen LogP contribution in [0.3, 0.4) is 0 Å². The van der Waals surface area contributed by atoms with Gasteiger partial charge in [0.15, 0.2) is 0 Å². The first-order chi connectivity index (χ1) is 10.5. The molecule has 0 saturated heterocycles. The molecule has 0 saturated carbocycles. The van der Waals surface area contributed by atoms with Crippen molar-refractivity contribution in [1.29, 1.82) is 0 Å². The summed E-state index contributed by atoms with van der Waals surface area (Å²) in [5, 5.41) is 2.88. The van der Waals surface area contributed by atoms with Gasteiger partial charge in [0.2, 0.25) is 0 Å². The van der Waals surface area contributed by atoms with E-state index in [1.54, 1.807) is 24.3 Å². The minimum absolute atomic E-state index is 0.118. The van der Waals surface area contributed by atoms with E-state index < -0.39 is 0 Å². The summed E-state index contributed by atoms with van der Waals surface area (Å²) in [4.78, 5) is 16.6. The number of nitrogens with two attached hydrogens (primary N) is 1. The van der Waals surface area contributed by atoms with Crippen molar-refractivity contribution >= 4 is 34.7 Å². The van der Waals surface area contributed by atoms with Gasteiger partial charge in [-0.1, -0.05) is 18.2 Å². The van der Waals surface area contributed by atoms with E-state index in [1.165, 1.54) is 5.56 Å². The van der Waals surface area contributed by atoms with Crippen LogP contribution in [-0.4, -0.2) is 17.6 Å². The van der Waals surface area contributed by atoms with Crippen molar-refractivity contribution in [2.45, 2.75) is 13.8 Å². The summed E-state index contributed by atoms with van der Waals surface area (Å²) in [6.45, 7) is 4.03. The van der Waals surface area contributed by atoms with Gasteiger partial charge < -0.3 is 11.1 Å². The van der Waals surface area contributed by atoms with E-state index in [0.717, 1.165) is 11.3 Å². The zero-order valence-electron chi connectivity index (χ0n) is 12.6. The molecule has 0 radical (unpaired) electrons. The molecule has 0 bridgehead atoms. The fourth-order valence-electron chi connectivity index (χ4n) is 1.97. The lowest BCUT2D eigenvalue weighted by Crippen LogP contribution is -2.15. The van der Waals surface area contributed by atoms with Crippen LogP contribution in [-0.2, 0) is 0 Å². The molecule has 114 valence electrons. The van der Waals surface area contributed by atoms with Crippen LogP contribution in [0.1, 0.15) is 21.5 Å². The number of aliphatic imine (C=N–C) groups is 1. The van der Waals surface area contributed by atoms with E-state index in [0.29, 0.717) is 11.3 Å². The maximum atomic E-state index is 12.4. The van der Waals surface area contributed by atoms with E-state index >= 15 is 0 Å². The normalized spacial score (nSPS) is 11.3. The van der Waals surface area contributed by atoms with Crippen molar-refractivity contribution in [1.82, 2.24) is 0 Å². The van der Waals surface area contributed by atoms with Gasteiger partial charge in [0.25, 0.3) is 5.91 Å². The van der Waals surface area contributed by atoms with Crippen LogP contribution in [0.5, 0.6) is 0 Å². The van der Waals surface area contributed by atoms with Crippen LogP contribution in [0.4, 0.5) is 11.4 Å². The number of hydrogen-bond donors (Lipinski definition) is 2. The maximum absolute atomic E-state index is 12.4. The van der Waals surface area contributed by atoms with Crippen LogP contribution in [0.25, 0.3) is 0 Å². The number of aryl methyl sites for hydroxylation is 2. The van der Waals surface area contributed by atoms with Gasteiger partial charge in [-0.25, -0.2) is 4.99 Å². The molecule has 0 unspecified atom stereocenters. The maximum Gasteiger partial charge on any atom is 0.257 e. The minimum Gasteiger partial charge on any atom is -0.386 e. The predicted molar refractivity (Wildman–Crippen MR) is 92.3 cm³/mol. The summed E-state index contributed by atoms with van der Waals surface area (Å²) in [5.74, 6) is 0.158. The van der Waals surface area contributed by atoms with Gasteiger partial charge >= 0.3 is 0 Å². The molecule has 2 rings (SSSR count). The Morgan fingerprint density at radius 1 is 1.18 bits per heavy atom. The Hall–Kier alpha value is -2.33. The van der Waals surface area contributed by atoms with Gasteiger partial charge in [-0.3, -0.25) is 4.79 Å². The molecule has 0 spiro atoms. The van der Waals surface area contributed by atoms with Crippen LogP contribution in [0, 0.1) is 13.8 Å². The number of anilines is 1. The zero-order valence-corrected chi connectivity index (χ0v) is 13.3. The second-order valence-corrected chi connectivity index (χ2v) is 5.27. The van der Waals surface area contributed by atoms with Crippen molar-refractivity contribution in [3.8, 4) is 0 Å². The van der Waals surface area contributed by atoms with E-state index in [1.807, 2.05) is 32.0 Å². The standard InChI is InChI=1S/C17H18ClN3O/c1-11-7-8-13(9-12(11)2)20-17(22)14-5-3-4-6-15(14)21-16(19)10-18/h3-9H,10H2,1-2H3,(H2,19,21)(H,20,22). The number of para-hydroxylation sites is 1. The fraction of sp³-hybridized carbons (Fsp3) is 0.176. The van der Waals surface area contributed by atoms with E-state index in [-0.39, 0.29) is 17.6 Å². The fourth-order valence-corrected chi connectivity index (χ4v) is 2.03. The molecule has 0 fully saturated rings. The second-order valence-electron chi connectivity index (χ2n) is 5.01. The molecule has 0 aromatic heterocycles. The molecule has 22 heavy (non-hydrogen) atoms. The highest BCUT2D eigenvalue weighted by Gasteiger charge is 2.11. The quantitative estimate of drug-likeness (QED) is 0.512. The molecular formula is C17H18ClN3O. The highest BCUT2D eigenvalue weighted by atomic mass is 35.5. The third kappa shape index (κ3) is 3.86. The molecule has 5 heteroatoms. The summed E-state index contributed by atoms with van der Waals surface area (Å²) >= 11 is 5.64. The van der Waals surface area contributed by atoms with Crippen molar-refractivity contribution in [2.75, 3.05) is 11.2 Å². The van der Waals surface area contributed by atoms with Crippen molar-refractivity contribution in [2.24, 2.45) is 10.7 Å². The Morgan fingerprint density at radius 2 is 1.91 bits per heavy atom. The van der Waals surface area contributed by atoms with Crippen LogP contribution in [0.15, 0.2) is 47.5 Å². The number of alkyl halides is 1. The number of hydrogen-bond acceptors (Lipinski definition) is 2. The van der Waals surface area contributed by atoms with E-state index in [2.05, 4.69) is 10.3 Å². The number of amides is 1. The summed E-state index contributed by atoms with van der Waals surface area (Å²) in [6, 6.07) is 12.8. The van der Waals surface area contributed by atoms with Crippen LogP contribution < -0.4 is 11.1 Å². The van der Waals surface area contributed by atoms with Gasteiger partial charge in [-0.15, -0.1) is 11.6 Å². The Bertz CT molecular complexity index is 726. The second kappa shape index (κ2) is 7.09. The molecule has 0 aliphatic heterocycles. The lowest BCUT2D eigenvalue weighted by molar-refractivity contribution is 0.102. The number of rotatable bonds is 4. The van der Waals surface area contributed by atoms with Gasteiger partial charge in [-0.05, 0) is 49.2 Å². The van der Waals surface area contributed by atoms with Gasteiger partial charge in [0, 0.05) is 5.69 Å². The average molecular weight is 316 g/mol. The van der Waals surface area contributed by atoms with Crippen molar-refractivity contribution in [3.63, 3.8) is 0 Å². The molecule has 0 atom stereocenters. The lowest BCUT2D eigenvalue weighted by atomic mass is 10.1. The van der Waals surface area contributed by atoms with Crippen LogP contribution in [0.2, 0.25) is 0 Å². The van der Waals surface area contributed by atoms with Crippen LogP contribution >= 0.6 is 11.6 Å². The molecule has 2 aromatic carbocycles. The summed E-state index contributed by atoms with van der Waals surface area (Å²) < 4.78 is 0. The topological polar surface area (TPSA) is 67.5 Å². The first kappa shape index (κ1) is 16.0. The average Bonchev–Trinajstić information content (AvgIpc) is 2.51. The SMILES string of the molecule is Cc1ccc(NC(=O)c2ccccc2N=C(N)CCl)cc1C.